The fourth-order valence-corrected chi connectivity index (χ4v) is 4.01. The van der Waals surface area contributed by atoms with Gasteiger partial charge in [0.2, 0.25) is 5.88 Å². The van der Waals surface area contributed by atoms with Gasteiger partial charge in [-0.1, -0.05) is 12.8 Å². The molecule has 0 saturated heterocycles. The maximum atomic E-state index is 13.8. The Hall–Kier alpha value is -1.95. The van der Waals surface area contributed by atoms with Gasteiger partial charge in [-0.15, -0.1) is 0 Å². The zero-order valence-corrected chi connectivity index (χ0v) is 14.0. The van der Waals surface area contributed by atoms with Crippen molar-refractivity contribution >= 4 is 0 Å². The zero-order chi connectivity index (χ0) is 16.5. The third-order valence-corrected chi connectivity index (χ3v) is 5.31. The summed E-state index contributed by atoms with van der Waals surface area (Å²) in [6.07, 6.45) is 9.38. The Labute approximate surface area is 141 Å². The van der Waals surface area contributed by atoms with Crippen molar-refractivity contribution in [1.82, 2.24) is 19.4 Å². The highest BCUT2D eigenvalue weighted by atomic mass is 19.1. The highest BCUT2D eigenvalue weighted by Gasteiger charge is 2.35. The van der Waals surface area contributed by atoms with Crippen LogP contribution < -0.4 is 4.74 Å². The molecule has 1 atom stereocenters. The minimum atomic E-state index is -0.401. The van der Waals surface area contributed by atoms with E-state index in [-0.39, 0.29) is 11.9 Å². The van der Waals surface area contributed by atoms with Crippen LogP contribution in [-0.4, -0.2) is 38.1 Å². The van der Waals surface area contributed by atoms with Crippen LogP contribution in [-0.2, 0) is 20.0 Å². The first-order valence-corrected chi connectivity index (χ1v) is 8.70. The summed E-state index contributed by atoms with van der Waals surface area (Å²) in [7, 11) is 2.04. The Morgan fingerprint density at radius 3 is 2.92 bits per heavy atom. The predicted octanol–water partition coefficient (Wildman–Crippen LogP) is 2.70. The van der Waals surface area contributed by atoms with Gasteiger partial charge in [0.05, 0.1) is 18.1 Å². The minimum Gasteiger partial charge on any atom is -0.474 e. The number of aromatic nitrogens is 3. The number of aryl methyl sites for hydroxylation is 1. The van der Waals surface area contributed by atoms with E-state index < -0.39 is 5.82 Å². The first-order chi connectivity index (χ1) is 11.7. The van der Waals surface area contributed by atoms with Gasteiger partial charge < -0.3 is 9.30 Å². The molecule has 0 aromatic carbocycles. The predicted molar refractivity (Wildman–Crippen MR) is 88.2 cm³/mol. The van der Waals surface area contributed by atoms with E-state index in [0.29, 0.717) is 12.6 Å². The molecular weight excluding hydrogens is 307 g/mol. The van der Waals surface area contributed by atoms with Crippen LogP contribution in [0.1, 0.15) is 37.1 Å². The van der Waals surface area contributed by atoms with Crippen molar-refractivity contribution in [3.63, 3.8) is 0 Å². The highest BCUT2D eigenvalue weighted by molar-refractivity contribution is 5.19. The third-order valence-electron chi connectivity index (χ3n) is 5.31. The first kappa shape index (κ1) is 15.6. The molecule has 0 N–H and O–H groups in total. The second-order valence-corrected chi connectivity index (χ2v) is 6.82. The Balaban J connectivity index is 1.53. The number of imidazole rings is 1. The summed E-state index contributed by atoms with van der Waals surface area (Å²) in [4.78, 5) is 11.1. The molecule has 1 aliphatic carbocycles. The first-order valence-electron chi connectivity index (χ1n) is 8.70. The lowest BCUT2D eigenvalue weighted by molar-refractivity contribution is 0.0702. The van der Waals surface area contributed by atoms with E-state index >= 15 is 0 Å². The number of rotatable bonds is 4. The standard InChI is InChI=1S/C18H23FN4O/c1-22-12-21-16-10-23(13-5-2-3-6-13)14(9-17(16)22)11-24-18-15(19)7-4-8-20-18/h4,7-8,12-14H,2-3,5-6,9-11H2,1H3/t14-/m0/s1. The normalized spacial score (nSPS) is 21.8. The van der Waals surface area contributed by atoms with Gasteiger partial charge in [-0.25, -0.2) is 14.4 Å². The number of halogens is 1. The number of nitrogens with zero attached hydrogens (tertiary/aromatic N) is 4. The van der Waals surface area contributed by atoms with Gasteiger partial charge in [-0.3, -0.25) is 4.90 Å². The summed E-state index contributed by atoms with van der Waals surface area (Å²) in [5.41, 5.74) is 2.43. The molecule has 0 radical (unpaired) electrons. The number of hydrogen-bond donors (Lipinski definition) is 0. The highest BCUT2D eigenvalue weighted by Crippen LogP contribution is 2.31. The molecule has 2 aromatic heterocycles. The van der Waals surface area contributed by atoms with Gasteiger partial charge >= 0.3 is 0 Å². The number of hydrogen-bond acceptors (Lipinski definition) is 4. The molecule has 1 saturated carbocycles. The molecule has 0 bridgehead atoms. The molecule has 0 amide bonds. The maximum Gasteiger partial charge on any atom is 0.250 e. The summed E-state index contributed by atoms with van der Waals surface area (Å²) in [5.74, 6) is -0.304. The quantitative estimate of drug-likeness (QED) is 0.864. The molecule has 0 unspecified atom stereocenters. The van der Waals surface area contributed by atoms with Crippen LogP contribution in [0.25, 0.3) is 0 Å². The van der Waals surface area contributed by atoms with Gasteiger partial charge in [0.15, 0.2) is 5.82 Å². The van der Waals surface area contributed by atoms with Gasteiger partial charge in [0.25, 0.3) is 0 Å². The monoisotopic (exact) mass is 330 g/mol. The third kappa shape index (κ3) is 2.90. The smallest absolute Gasteiger partial charge is 0.250 e. The van der Waals surface area contributed by atoms with Crippen LogP contribution in [0.5, 0.6) is 5.88 Å². The number of pyridine rings is 1. The molecular formula is C18H23FN4O. The largest absolute Gasteiger partial charge is 0.474 e. The fourth-order valence-electron chi connectivity index (χ4n) is 4.01. The molecule has 1 fully saturated rings. The molecule has 24 heavy (non-hydrogen) atoms. The van der Waals surface area contributed by atoms with Crippen LogP contribution in [0.4, 0.5) is 4.39 Å². The van der Waals surface area contributed by atoms with Gasteiger partial charge in [0, 0.05) is 37.9 Å². The molecule has 5 nitrogen and oxygen atoms in total. The van der Waals surface area contributed by atoms with Crippen LogP contribution >= 0.6 is 0 Å². The van der Waals surface area contributed by atoms with E-state index in [1.54, 1.807) is 12.3 Å². The van der Waals surface area contributed by atoms with Crippen molar-refractivity contribution in [2.75, 3.05) is 6.61 Å². The topological polar surface area (TPSA) is 43.2 Å². The van der Waals surface area contributed by atoms with E-state index in [0.717, 1.165) is 13.0 Å². The van der Waals surface area contributed by atoms with Crippen LogP contribution in [0, 0.1) is 5.82 Å². The minimum absolute atomic E-state index is 0.0969. The second kappa shape index (κ2) is 6.51. The Morgan fingerprint density at radius 1 is 1.29 bits per heavy atom. The summed E-state index contributed by atoms with van der Waals surface area (Å²) < 4.78 is 21.6. The van der Waals surface area contributed by atoms with Crippen molar-refractivity contribution in [3.8, 4) is 5.88 Å². The lowest BCUT2D eigenvalue weighted by Gasteiger charge is -2.39. The van der Waals surface area contributed by atoms with Gasteiger partial charge in [0.1, 0.15) is 6.61 Å². The van der Waals surface area contributed by atoms with Crippen LogP contribution in [0.2, 0.25) is 0 Å². The van der Waals surface area contributed by atoms with Crippen LogP contribution in [0.15, 0.2) is 24.7 Å². The van der Waals surface area contributed by atoms with E-state index in [9.17, 15) is 4.39 Å². The number of fused-ring (bicyclic) bond motifs is 1. The fraction of sp³-hybridized carbons (Fsp3) is 0.556. The zero-order valence-electron chi connectivity index (χ0n) is 14.0. The van der Waals surface area contributed by atoms with E-state index in [4.69, 9.17) is 4.74 Å². The molecule has 4 rings (SSSR count). The van der Waals surface area contributed by atoms with Gasteiger partial charge in [-0.2, -0.15) is 0 Å². The molecule has 2 aromatic rings. The molecule has 6 heteroatoms. The molecule has 1 aliphatic heterocycles. The van der Waals surface area contributed by atoms with E-state index in [1.807, 2.05) is 13.4 Å². The lowest BCUT2D eigenvalue weighted by atomic mass is 9.99. The Bertz CT molecular complexity index is 711. The van der Waals surface area contributed by atoms with Crippen molar-refractivity contribution in [1.29, 1.82) is 0 Å². The molecule has 3 heterocycles. The average Bonchev–Trinajstić information content (AvgIpc) is 3.24. The lowest BCUT2D eigenvalue weighted by Crippen LogP contribution is -2.49. The molecule has 128 valence electrons. The maximum absolute atomic E-state index is 13.8. The summed E-state index contributed by atoms with van der Waals surface area (Å²) >= 11 is 0. The van der Waals surface area contributed by atoms with Crippen molar-refractivity contribution in [3.05, 3.63) is 41.9 Å². The second-order valence-electron chi connectivity index (χ2n) is 6.82. The SMILES string of the molecule is Cn1cnc2c1C[C@@H](COc1ncccc1F)N(C1CCCC1)C2. The van der Waals surface area contributed by atoms with Crippen molar-refractivity contribution < 1.29 is 9.13 Å². The Kier molecular flexibility index (Phi) is 4.22. The van der Waals surface area contributed by atoms with E-state index in [2.05, 4.69) is 19.4 Å². The van der Waals surface area contributed by atoms with Crippen molar-refractivity contribution in [2.45, 2.75) is 50.7 Å². The van der Waals surface area contributed by atoms with Crippen LogP contribution in [0.3, 0.4) is 0 Å². The molecule has 2 aliphatic rings. The Morgan fingerprint density at radius 2 is 2.12 bits per heavy atom. The summed E-state index contributed by atoms with van der Waals surface area (Å²) in [6, 6.07) is 3.78. The average molecular weight is 330 g/mol. The number of ether oxygens (including phenoxy) is 1. The van der Waals surface area contributed by atoms with Gasteiger partial charge in [-0.05, 0) is 25.0 Å². The van der Waals surface area contributed by atoms with Crippen molar-refractivity contribution in [2.24, 2.45) is 7.05 Å². The summed E-state index contributed by atoms with van der Waals surface area (Å²) in [6.45, 7) is 1.31. The molecule has 0 spiro atoms. The van der Waals surface area contributed by atoms with E-state index in [1.165, 1.54) is 43.1 Å². The summed E-state index contributed by atoms with van der Waals surface area (Å²) in [5, 5.41) is 0.